The number of thiophene rings is 1. The molecule has 2 aromatic rings. The van der Waals surface area contributed by atoms with Crippen molar-refractivity contribution in [1.29, 1.82) is 0 Å². The van der Waals surface area contributed by atoms with Crippen LogP contribution in [0.3, 0.4) is 0 Å². The van der Waals surface area contributed by atoms with Gasteiger partial charge >= 0.3 is 0 Å². The molecule has 0 bridgehead atoms. The van der Waals surface area contributed by atoms with Crippen LogP contribution in [0, 0.1) is 0 Å². The Labute approximate surface area is 86.9 Å². The molecule has 0 saturated heterocycles. The lowest BCUT2D eigenvalue weighted by atomic mass is 10.5. The summed E-state index contributed by atoms with van der Waals surface area (Å²) in [5, 5.41) is 3.70. The first kappa shape index (κ1) is 8.86. The van der Waals surface area contributed by atoms with Gasteiger partial charge in [-0.1, -0.05) is 5.16 Å². The van der Waals surface area contributed by atoms with Crippen molar-refractivity contribution >= 4 is 27.3 Å². The molecule has 6 heteroatoms. The molecule has 0 aliphatic carbocycles. The molecular weight excluding hydrogens is 254 g/mol. The largest absolute Gasteiger partial charge is 0.333 e. The molecule has 0 radical (unpaired) electrons. The zero-order valence-corrected chi connectivity index (χ0v) is 8.93. The lowest BCUT2D eigenvalue weighted by molar-refractivity contribution is 0.423. The number of hydrogen-bond donors (Lipinski definition) is 1. The monoisotopic (exact) mass is 259 g/mol. The van der Waals surface area contributed by atoms with Gasteiger partial charge in [0.15, 0.2) is 5.82 Å². The topological polar surface area (TPSA) is 64.9 Å². The summed E-state index contributed by atoms with van der Waals surface area (Å²) in [6.07, 6.45) is 0. The average molecular weight is 260 g/mol. The maximum atomic E-state index is 5.36. The molecule has 0 aliphatic heterocycles. The Balaban J connectivity index is 2.35. The van der Waals surface area contributed by atoms with E-state index in [2.05, 4.69) is 26.1 Å². The first-order valence-electron chi connectivity index (χ1n) is 3.58. The molecule has 2 aromatic heterocycles. The van der Waals surface area contributed by atoms with Gasteiger partial charge in [0.25, 0.3) is 5.89 Å². The molecule has 0 unspecified atom stereocenters. The van der Waals surface area contributed by atoms with E-state index in [9.17, 15) is 0 Å². The third-order valence-electron chi connectivity index (χ3n) is 1.43. The molecule has 68 valence electrons. The minimum Gasteiger partial charge on any atom is -0.333 e. The summed E-state index contributed by atoms with van der Waals surface area (Å²) >= 11 is 4.90. The Morgan fingerprint density at radius 1 is 1.54 bits per heavy atom. The van der Waals surface area contributed by atoms with Gasteiger partial charge in [0.05, 0.1) is 15.2 Å². The molecule has 2 rings (SSSR count). The number of hydrogen-bond acceptors (Lipinski definition) is 5. The van der Waals surface area contributed by atoms with Crippen LogP contribution in [0.15, 0.2) is 20.4 Å². The van der Waals surface area contributed by atoms with Crippen molar-refractivity contribution in [1.82, 2.24) is 10.1 Å². The van der Waals surface area contributed by atoms with Crippen LogP contribution in [-0.4, -0.2) is 10.1 Å². The van der Waals surface area contributed by atoms with Crippen molar-refractivity contribution in [2.24, 2.45) is 5.73 Å². The first-order chi connectivity index (χ1) is 6.29. The second-order valence-electron chi connectivity index (χ2n) is 2.32. The number of nitrogens with two attached hydrogens (primary N) is 1. The van der Waals surface area contributed by atoms with Gasteiger partial charge < -0.3 is 10.3 Å². The highest BCUT2D eigenvalue weighted by Gasteiger charge is 2.09. The second kappa shape index (κ2) is 3.57. The highest BCUT2D eigenvalue weighted by Crippen LogP contribution is 2.29. The van der Waals surface area contributed by atoms with Crippen LogP contribution in [0.5, 0.6) is 0 Å². The SMILES string of the molecule is NCc1noc(-c2ccc(Br)s2)n1. The third kappa shape index (κ3) is 1.79. The Kier molecular flexibility index (Phi) is 2.43. The molecule has 0 saturated carbocycles. The molecule has 2 heterocycles. The molecule has 0 amide bonds. The van der Waals surface area contributed by atoms with E-state index < -0.39 is 0 Å². The van der Waals surface area contributed by atoms with Crippen LogP contribution in [0.4, 0.5) is 0 Å². The maximum Gasteiger partial charge on any atom is 0.268 e. The fraction of sp³-hybridized carbons (Fsp3) is 0.143. The lowest BCUT2D eigenvalue weighted by Gasteiger charge is -1.82. The predicted octanol–water partition coefficient (Wildman–Crippen LogP) is 2.02. The van der Waals surface area contributed by atoms with Crippen molar-refractivity contribution < 1.29 is 4.52 Å². The standard InChI is InChI=1S/C7H6BrN3OS/c8-5-2-1-4(13-5)7-10-6(3-9)11-12-7/h1-2H,3,9H2. The van der Waals surface area contributed by atoms with Gasteiger partial charge in [0, 0.05) is 0 Å². The Hall–Kier alpha value is -0.720. The molecule has 0 aliphatic rings. The van der Waals surface area contributed by atoms with E-state index in [0.717, 1.165) is 8.66 Å². The van der Waals surface area contributed by atoms with Crippen LogP contribution in [0.1, 0.15) is 5.82 Å². The summed E-state index contributed by atoms with van der Waals surface area (Å²) in [4.78, 5) is 5.04. The molecule has 0 spiro atoms. The highest BCUT2D eigenvalue weighted by molar-refractivity contribution is 9.11. The van der Waals surface area contributed by atoms with Gasteiger partial charge in [-0.2, -0.15) is 4.98 Å². The zero-order chi connectivity index (χ0) is 9.26. The van der Waals surface area contributed by atoms with Gasteiger partial charge in [0.1, 0.15) is 0 Å². The molecular formula is C7H6BrN3OS. The number of rotatable bonds is 2. The number of nitrogens with zero attached hydrogens (tertiary/aromatic N) is 2. The summed E-state index contributed by atoms with van der Waals surface area (Å²) in [6, 6.07) is 3.86. The summed E-state index contributed by atoms with van der Waals surface area (Å²) in [5.41, 5.74) is 5.36. The third-order valence-corrected chi connectivity index (χ3v) is 3.05. The molecule has 4 nitrogen and oxygen atoms in total. The van der Waals surface area contributed by atoms with Crippen molar-refractivity contribution in [3.8, 4) is 10.8 Å². The summed E-state index contributed by atoms with van der Waals surface area (Å²) in [7, 11) is 0. The molecule has 13 heavy (non-hydrogen) atoms. The van der Waals surface area contributed by atoms with Crippen molar-refractivity contribution in [3.05, 3.63) is 21.7 Å². The Bertz CT molecular complexity index is 411. The fourth-order valence-corrected chi connectivity index (χ4v) is 2.17. The molecule has 0 aromatic carbocycles. The van der Waals surface area contributed by atoms with Crippen molar-refractivity contribution in [2.45, 2.75) is 6.54 Å². The second-order valence-corrected chi connectivity index (χ2v) is 4.79. The van der Waals surface area contributed by atoms with Crippen LogP contribution in [0.25, 0.3) is 10.8 Å². The molecule has 0 atom stereocenters. The van der Waals surface area contributed by atoms with E-state index in [-0.39, 0.29) is 0 Å². The van der Waals surface area contributed by atoms with Crippen molar-refractivity contribution in [2.75, 3.05) is 0 Å². The van der Waals surface area contributed by atoms with Crippen LogP contribution >= 0.6 is 27.3 Å². The Morgan fingerprint density at radius 3 is 2.92 bits per heavy atom. The minimum atomic E-state index is 0.302. The Morgan fingerprint density at radius 2 is 2.38 bits per heavy atom. The molecule has 0 fully saturated rings. The fourth-order valence-electron chi connectivity index (χ4n) is 0.866. The highest BCUT2D eigenvalue weighted by atomic mass is 79.9. The van der Waals surface area contributed by atoms with E-state index >= 15 is 0 Å². The summed E-state index contributed by atoms with van der Waals surface area (Å²) in [5.74, 6) is 1.05. The van der Waals surface area contributed by atoms with E-state index in [1.165, 1.54) is 0 Å². The van der Waals surface area contributed by atoms with Gasteiger partial charge in [-0.05, 0) is 28.1 Å². The predicted molar refractivity (Wildman–Crippen MR) is 53.2 cm³/mol. The average Bonchev–Trinajstić information content (AvgIpc) is 2.71. The van der Waals surface area contributed by atoms with E-state index in [1.807, 2.05) is 12.1 Å². The summed E-state index contributed by atoms with van der Waals surface area (Å²) in [6.45, 7) is 0.302. The lowest BCUT2D eigenvalue weighted by Crippen LogP contribution is -1.97. The van der Waals surface area contributed by atoms with E-state index in [4.69, 9.17) is 10.3 Å². The quantitative estimate of drug-likeness (QED) is 0.897. The van der Waals surface area contributed by atoms with Crippen LogP contribution in [-0.2, 0) is 6.54 Å². The first-order valence-corrected chi connectivity index (χ1v) is 5.19. The zero-order valence-electron chi connectivity index (χ0n) is 6.53. The van der Waals surface area contributed by atoms with Crippen LogP contribution < -0.4 is 5.73 Å². The van der Waals surface area contributed by atoms with Crippen LogP contribution in [0.2, 0.25) is 0 Å². The minimum absolute atomic E-state index is 0.302. The molecule has 2 N–H and O–H groups in total. The number of aromatic nitrogens is 2. The number of halogens is 1. The van der Waals surface area contributed by atoms with Gasteiger partial charge in [-0.15, -0.1) is 11.3 Å². The van der Waals surface area contributed by atoms with E-state index in [1.54, 1.807) is 11.3 Å². The van der Waals surface area contributed by atoms with E-state index in [0.29, 0.717) is 18.3 Å². The summed E-state index contributed by atoms with van der Waals surface area (Å²) < 4.78 is 6.04. The smallest absolute Gasteiger partial charge is 0.268 e. The van der Waals surface area contributed by atoms with Crippen molar-refractivity contribution in [3.63, 3.8) is 0 Å². The maximum absolute atomic E-state index is 5.36. The normalized spacial score (nSPS) is 10.6. The van der Waals surface area contributed by atoms with Gasteiger partial charge in [-0.25, -0.2) is 0 Å². The van der Waals surface area contributed by atoms with Gasteiger partial charge in [-0.3, -0.25) is 0 Å². The van der Waals surface area contributed by atoms with Gasteiger partial charge in [0.2, 0.25) is 0 Å².